The van der Waals surface area contributed by atoms with Crippen LogP contribution in [0.2, 0.25) is 25.7 Å². The second-order valence-corrected chi connectivity index (χ2v) is 19.1. The van der Waals surface area contributed by atoms with Gasteiger partial charge in [0.05, 0.1) is 5.69 Å². The van der Waals surface area contributed by atoms with Crippen LogP contribution in [-0.2, 0) is 26.4 Å². The number of hydrogen-bond acceptors (Lipinski definition) is 7. The number of fused-ring (bicyclic) bond motifs is 1. The van der Waals surface area contributed by atoms with E-state index >= 15 is 0 Å². The summed E-state index contributed by atoms with van der Waals surface area (Å²) in [5.74, 6) is 0.686. The van der Waals surface area contributed by atoms with Crippen molar-refractivity contribution in [3.8, 4) is 17.0 Å². The summed E-state index contributed by atoms with van der Waals surface area (Å²) in [4.78, 5) is 14.8. The zero-order valence-corrected chi connectivity index (χ0v) is 27.2. The Balaban J connectivity index is 1.74. The van der Waals surface area contributed by atoms with Crippen molar-refractivity contribution in [1.29, 1.82) is 0 Å². The summed E-state index contributed by atoms with van der Waals surface area (Å²) in [7, 11) is 0.358. The van der Waals surface area contributed by atoms with Crippen LogP contribution < -0.4 is 4.74 Å². The summed E-state index contributed by atoms with van der Waals surface area (Å²) in [6.45, 7) is 19.5. The zero-order valence-electron chi connectivity index (χ0n) is 26.2. The fraction of sp³-hybridized carbons (Fsp3) is 0.581. The van der Waals surface area contributed by atoms with Crippen LogP contribution in [0.1, 0.15) is 45.4 Å². The second kappa shape index (κ2) is 12.1. The average molecular weight is 583 g/mol. The second-order valence-electron chi connectivity index (χ2n) is 13.5. The fourth-order valence-corrected chi connectivity index (χ4v) is 6.19. The molecule has 1 fully saturated rings. The number of nitrogens with zero attached hydrogens (tertiary/aromatic N) is 4. The van der Waals surface area contributed by atoms with Crippen molar-refractivity contribution < 1.29 is 23.7 Å². The van der Waals surface area contributed by atoms with Crippen LogP contribution in [0.4, 0.5) is 4.79 Å². The Morgan fingerprint density at radius 3 is 2.56 bits per heavy atom. The topological polar surface area (TPSA) is 87.9 Å². The van der Waals surface area contributed by atoms with Gasteiger partial charge in [-0.1, -0.05) is 38.7 Å². The van der Waals surface area contributed by atoms with Gasteiger partial charge < -0.3 is 28.4 Å². The predicted octanol–water partition coefficient (Wildman–Crippen LogP) is 6.60. The molecule has 1 aromatic carbocycles. The molecule has 1 aliphatic rings. The average Bonchev–Trinajstić information content (AvgIpc) is 3.42. The summed E-state index contributed by atoms with van der Waals surface area (Å²) < 4.78 is 25.1. The Bertz CT molecular complexity index is 1380. The molecule has 0 saturated carbocycles. The Kier molecular flexibility index (Phi) is 9.15. The first-order valence-corrected chi connectivity index (χ1v) is 18.1. The highest BCUT2D eigenvalue weighted by Gasteiger charge is 2.42. The minimum Gasteiger partial charge on any atom is -0.467 e. The number of benzene rings is 1. The lowest BCUT2D eigenvalue weighted by Crippen LogP contribution is -2.38. The number of rotatable bonds is 10. The molecule has 0 radical (unpaired) electrons. The molecule has 224 valence electrons. The van der Waals surface area contributed by atoms with Gasteiger partial charge in [0, 0.05) is 56.9 Å². The number of carbonyl (C=O) groups excluding carboxylic acids is 1. The molecule has 1 atom stereocenters. The summed E-state index contributed by atoms with van der Waals surface area (Å²) in [6, 6.07) is 10.9. The van der Waals surface area contributed by atoms with Gasteiger partial charge in [-0.05, 0) is 63.9 Å². The highest BCUT2D eigenvalue weighted by molar-refractivity contribution is 6.76. The molecule has 0 aliphatic carbocycles. The Labute approximate surface area is 245 Å². The van der Waals surface area contributed by atoms with E-state index in [0.717, 1.165) is 46.0 Å². The van der Waals surface area contributed by atoms with E-state index in [2.05, 4.69) is 49.2 Å². The van der Waals surface area contributed by atoms with E-state index in [1.54, 1.807) is 7.11 Å². The summed E-state index contributed by atoms with van der Waals surface area (Å²) in [5.41, 5.74) is 3.76. The molecule has 0 spiro atoms. The molecule has 1 saturated heterocycles. The number of aryl methyl sites for hydroxylation is 1. The molecule has 10 heteroatoms. The first kappa shape index (κ1) is 31.0. The van der Waals surface area contributed by atoms with E-state index in [-0.39, 0.29) is 18.3 Å². The minimum atomic E-state index is -1.24. The van der Waals surface area contributed by atoms with Crippen molar-refractivity contribution in [2.75, 3.05) is 33.6 Å². The van der Waals surface area contributed by atoms with E-state index in [4.69, 9.17) is 24.0 Å². The predicted molar refractivity (Wildman–Crippen MR) is 164 cm³/mol. The van der Waals surface area contributed by atoms with Gasteiger partial charge in [0.2, 0.25) is 0 Å². The van der Waals surface area contributed by atoms with Gasteiger partial charge in [0.15, 0.2) is 12.4 Å². The Hall–Kier alpha value is -2.95. The lowest BCUT2D eigenvalue weighted by molar-refractivity contribution is 0.0283. The maximum absolute atomic E-state index is 13.0. The monoisotopic (exact) mass is 582 g/mol. The number of para-hydroxylation sites is 1. The van der Waals surface area contributed by atoms with Crippen molar-refractivity contribution in [1.82, 2.24) is 19.7 Å². The van der Waals surface area contributed by atoms with Crippen molar-refractivity contribution >= 4 is 25.2 Å². The van der Waals surface area contributed by atoms with Gasteiger partial charge in [0.1, 0.15) is 18.1 Å². The van der Waals surface area contributed by atoms with Crippen molar-refractivity contribution in [3.05, 3.63) is 41.6 Å². The molecule has 3 heterocycles. The van der Waals surface area contributed by atoms with E-state index in [1.807, 2.05) is 49.9 Å². The zero-order chi connectivity index (χ0) is 30.0. The number of likely N-dealkylation sites (tertiary alicyclic amines) is 1. The summed E-state index contributed by atoms with van der Waals surface area (Å²) in [5, 5.41) is 10.4. The third kappa shape index (κ3) is 7.28. The quantitative estimate of drug-likeness (QED) is 0.151. The molecule has 41 heavy (non-hydrogen) atoms. The first-order valence-electron chi connectivity index (χ1n) is 14.4. The molecule has 4 rings (SSSR count). The molecule has 0 bridgehead atoms. The molecule has 2 aromatic heterocycles. The van der Waals surface area contributed by atoms with Crippen LogP contribution in [0.3, 0.4) is 0 Å². The van der Waals surface area contributed by atoms with Crippen LogP contribution in [0.25, 0.3) is 22.3 Å². The van der Waals surface area contributed by atoms with Gasteiger partial charge in [0.25, 0.3) is 0 Å². The largest absolute Gasteiger partial charge is 0.467 e. The van der Waals surface area contributed by atoms with Crippen LogP contribution in [-0.4, -0.2) is 73.0 Å². The standard InChI is InChI=1S/C31H46N4O5Si/c1-22-24-18-25(23-12-10-11-13-26(23)39-21-37-6)32-33-28(24)35(20-38-16-17-41(7,8)9)27(22)31(5)14-15-34(19-31)29(36)40-30(2,3)4/h10-13,18H,14-17,19-21H2,1-9H3. The molecule has 3 aromatic rings. The minimum absolute atomic E-state index is 0.146. The van der Waals surface area contributed by atoms with E-state index < -0.39 is 13.7 Å². The third-order valence-corrected chi connectivity index (χ3v) is 9.17. The molecule has 1 aliphatic heterocycles. The highest BCUT2D eigenvalue weighted by Crippen LogP contribution is 2.41. The molecule has 0 N–H and O–H groups in total. The number of ether oxygens (including phenoxy) is 4. The number of carbonyl (C=O) groups is 1. The van der Waals surface area contributed by atoms with Gasteiger partial charge in [-0.3, -0.25) is 0 Å². The first-order chi connectivity index (χ1) is 19.2. The van der Waals surface area contributed by atoms with Crippen LogP contribution >= 0.6 is 0 Å². The molecular formula is C31H46N4O5Si. The summed E-state index contributed by atoms with van der Waals surface area (Å²) >= 11 is 0. The lowest BCUT2D eigenvalue weighted by atomic mass is 9.83. The lowest BCUT2D eigenvalue weighted by Gasteiger charge is -2.29. The third-order valence-electron chi connectivity index (χ3n) is 7.47. The number of aromatic nitrogens is 3. The summed E-state index contributed by atoms with van der Waals surface area (Å²) in [6.07, 6.45) is 0.536. The van der Waals surface area contributed by atoms with Gasteiger partial charge >= 0.3 is 6.09 Å². The molecular weight excluding hydrogens is 536 g/mol. The van der Waals surface area contributed by atoms with Crippen molar-refractivity contribution in [3.63, 3.8) is 0 Å². The van der Waals surface area contributed by atoms with Crippen LogP contribution in [0, 0.1) is 6.92 Å². The van der Waals surface area contributed by atoms with Gasteiger partial charge in [-0.15, -0.1) is 10.2 Å². The smallest absolute Gasteiger partial charge is 0.410 e. The molecule has 1 unspecified atom stereocenters. The Morgan fingerprint density at radius 2 is 1.88 bits per heavy atom. The number of methoxy groups -OCH3 is 1. The molecule has 1 amide bonds. The van der Waals surface area contributed by atoms with Crippen molar-refractivity contribution in [2.45, 2.75) is 84.5 Å². The van der Waals surface area contributed by atoms with Gasteiger partial charge in [-0.2, -0.15) is 0 Å². The van der Waals surface area contributed by atoms with E-state index in [9.17, 15) is 4.79 Å². The van der Waals surface area contributed by atoms with Crippen molar-refractivity contribution in [2.24, 2.45) is 0 Å². The maximum Gasteiger partial charge on any atom is 0.410 e. The normalized spacial score (nSPS) is 17.8. The van der Waals surface area contributed by atoms with E-state index in [0.29, 0.717) is 32.2 Å². The van der Waals surface area contributed by atoms with Crippen LogP contribution in [0.15, 0.2) is 30.3 Å². The van der Waals surface area contributed by atoms with Gasteiger partial charge in [-0.25, -0.2) is 4.79 Å². The fourth-order valence-electron chi connectivity index (χ4n) is 5.43. The molecule has 9 nitrogen and oxygen atoms in total. The van der Waals surface area contributed by atoms with E-state index in [1.165, 1.54) is 0 Å². The maximum atomic E-state index is 13.0. The Morgan fingerprint density at radius 1 is 1.15 bits per heavy atom. The number of hydrogen-bond donors (Lipinski definition) is 0. The SMILES string of the molecule is COCOc1ccccc1-c1cc2c(C)c(C3(C)CCN(C(=O)OC(C)(C)C)C3)n(COCC[Si](C)(C)C)c2nn1. The number of amides is 1. The highest BCUT2D eigenvalue weighted by atomic mass is 28.3. The van der Waals surface area contributed by atoms with Crippen LogP contribution in [0.5, 0.6) is 5.75 Å².